The molecule has 36 heavy (non-hydrogen) atoms. The van der Waals surface area contributed by atoms with Gasteiger partial charge in [-0.25, -0.2) is 4.79 Å². The van der Waals surface area contributed by atoms with Gasteiger partial charge in [0.1, 0.15) is 17.5 Å². The SMILES string of the molecule is COc1c(Cl)cc(Oc2c(Br)cc(CC(=O)N(c3ccccc3)[C@@H](C)C(=O)O)cc2Br)cc1C(C)C. The topological polar surface area (TPSA) is 76.1 Å². The van der Waals surface area contributed by atoms with Crippen LogP contribution in [0.1, 0.15) is 37.8 Å². The Morgan fingerprint density at radius 2 is 1.61 bits per heavy atom. The number of aliphatic carboxylic acids is 1. The average molecular weight is 640 g/mol. The Morgan fingerprint density at radius 3 is 2.14 bits per heavy atom. The molecule has 1 atom stereocenters. The third kappa shape index (κ3) is 6.41. The molecule has 0 saturated heterocycles. The lowest BCUT2D eigenvalue weighted by Gasteiger charge is -2.27. The van der Waals surface area contributed by atoms with E-state index in [0.717, 1.165) is 5.56 Å². The zero-order valence-electron chi connectivity index (χ0n) is 20.2. The molecule has 0 aliphatic heterocycles. The Labute approximate surface area is 232 Å². The Hall–Kier alpha value is -2.55. The van der Waals surface area contributed by atoms with E-state index in [4.69, 9.17) is 21.1 Å². The van der Waals surface area contributed by atoms with Gasteiger partial charge in [-0.3, -0.25) is 9.69 Å². The van der Waals surface area contributed by atoms with Crippen LogP contribution in [0.4, 0.5) is 5.69 Å². The van der Waals surface area contributed by atoms with E-state index in [2.05, 4.69) is 31.9 Å². The van der Waals surface area contributed by atoms with E-state index in [1.165, 1.54) is 11.8 Å². The highest BCUT2D eigenvalue weighted by Gasteiger charge is 2.27. The van der Waals surface area contributed by atoms with E-state index in [1.807, 2.05) is 26.0 Å². The summed E-state index contributed by atoms with van der Waals surface area (Å²) >= 11 is 13.5. The number of carbonyl (C=O) groups excluding carboxylic acids is 1. The van der Waals surface area contributed by atoms with Crippen LogP contribution in [0.5, 0.6) is 17.2 Å². The van der Waals surface area contributed by atoms with E-state index in [9.17, 15) is 14.7 Å². The molecule has 0 aliphatic carbocycles. The number of anilines is 1. The van der Waals surface area contributed by atoms with Crippen LogP contribution < -0.4 is 14.4 Å². The highest BCUT2D eigenvalue weighted by Crippen LogP contribution is 2.42. The lowest BCUT2D eigenvalue weighted by Crippen LogP contribution is -2.44. The van der Waals surface area contributed by atoms with Crippen molar-refractivity contribution in [2.75, 3.05) is 12.0 Å². The van der Waals surface area contributed by atoms with Crippen molar-refractivity contribution in [2.24, 2.45) is 0 Å². The number of amides is 1. The minimum absolute atomic E-state index is 0.00411. The van der Waals surface area contributed by atoms with Crippen molar-refractivity contribution < 1.29 is 24.2 Å². The van der Waals surface area contributed by atoms with Gasteiger partial charge in [0.2, 0.25) is 5.91 Å². The van der Waals surface area contributed by atoms with Crippen LogP contribution in [0, 0.1) is 0 Å². The molecule has 0 heterocycles. The molecule has 1 amide bonds. The van der Waals surface area contributed by atoms with Crippen molar-refractivity contribution in [2.45, 2.75) is 39.2 Å². The third-order valence-electron chi connectivity index (χ3n) is 5.55. The van der Waals surface area contributed by atoms with Crippen LogP contribution in [-0.2, 0) is 16.0 Å². The Kier molecular flexibility index (Phi) is 9.44. The molecule has 0 radical (unpaired) electrons. The second kappa shape index (κ2) is 12.1. The van der Waals surface area contributed by atoms with E-state index in [-0.39, 0.29) is 18.2 Å². The Bertz CT molecular complexity index is 1240. The van der Waals surface area contributed by atoms with Gasteiger partial charge < -0.3 is 14.6 Å². The summed E-state index contributed by atoms with van der Waals surface area (Å²) in [5.74, 6) is 0.414. The molecule has 9 heteroatoms. The summed E-state index contributed by atoms with van der Waals surface area (Å²) in [6.07, 6.45) is -0.00411. The van der Waals surface area contributed by atoms with Crippen molar-refractivity contribution in [3.8, 4) is 17.2 Å². The standard InChI is InChI=1S/C27H26Br2ClNO5/c1-15(2)20-13-19(14-23(30)25(20)35-4)36-26-21(28)10-17(11-22(26)29)12-24(32)31(16(3)27(33)34)18-8-6-5-7-9-18/h5-11,13-16H,12H2,1-4H3,(H,33,34)/t16-/m0/s1. The number of hydrogen-bond acceptors (Lipinski definition) is 4. The zero-order valence-corrected chi connectivity index (χ0v) is 24.1. The molecule has 0 bridgehead atoms. The number of carboxylic acids is 1. The van der Waals surface area contributed by atoms with Gasteiger partial charge in [0.05, 0.1) is 27.5 Å². The summed E-state index contributed by atoms with van der Waals surface area (Å²) in [6.45, 7) is 5.57. The summed E-state index contributed by atoms with van der Waals surface area (Å²) in [5, 5.41) is 10.0. The quantitative estimate of drug-likeness (QED) is 0.258. The average Bonchev–Trinajstić information content (AvgIpc) is 2.81. The molecule has 0 aliphatic rings. The monoisotopic (exact) mass is 637 g/mol. The second-order valence-electron chi connectivity index (χ2n) is 8.46. The van der Waals surface area contributed by atoms with Gasteiger partial charge >= 0.3 is 5.97 Å². The molecule has 0 aromatic heterocycles. The maximum atomic E-state index is 13.2. The lowest BCUT2D eigenvalue weighted by molar-refractivity contribution is -0.139. The van der Waals surface area contributed by atoms with Gasteiger partial charge in [0, 0.05) is 17.3 Å². The number of rotatable bonds is 9. The van der Waals surface area contributed by atoms with E-state index in [0.29, 0.717) is 42.5 Å². The van der Waals surface area contributed by atoms with Gasteiger partial charge in [-0.2, -0.15) is 0 Å². The molecular weight excluding hydrogens is 614 g/mol. The van der Waals surface area contributed by atoms with Crippen molar-refractivity contribution >= 4 is 61.0 Å². The zero-order chi connectivity index (χ0) is 26.6. The van der Waals surface area contributed by atoms with Gasteiger partial charge in [-0.15, -0.1) is 0 Å². The van der Waals surface area contributed by atoms with Crippen LogP contribution in [0.25, 0.3) is 0 Å². The number of nitrogens with zero attached hydrogens (tertiary/aromatic N) is 1. The van der Waals surface area contributed by atoms with E-state index >= 15 is 0 Å². The first kappa shape index (κ1) is 28.0. The number of hydrogen-bond donors (Lipinski definition) is 1. The molecule has 6 nitrogen and oxygen atoms in total. The van der Waals surface area contributed by atoms with Gasteiger partial charge in [-0.1, -0.05) is 43.6 Å². The first-order valence-electron chi connectivity index (χ1n) is 11.2. The van der Waals surface area contributed by atoms with Crippen LogP contribution in [0.15, 0.2) is 63.5 Å². The number of carboxylic acid groups (broad SMARTS) is 1. The first-order valence-corrected chi connectivity index (χ1v) is 13.1. The number of methoxy groups -OCH3 is 1. The maximum absolute atomic E-state index is 13.2. The number of ether oxygens (including phenoxy) is 2. The molecule has 0 saturated carbocycles. The summed E-state index contributed by atoms with van der Waals surface area (Å²) in [6, 6.07) is 14.9. The number of carbonyl (C=O) groups is 2. The fourth-order valence-corrected chi connectivity index (χ4v) is 5.50. The Balaban J connectivity index is 1.89. The summed E-state index contributed by atoms with van der Waals surface area (Å²) < 4.78 is 12.8. The molecule has 3 rings (SSSR count). The lowest BCUT2D eigenvalue weighted by atomic mass is 10.0. The highest BCUT2D eigenvalue weighted by atomic mass is 79.9. The van der Waals surface area contributed by atoms with Gasteiger partial charge in [-0.05, 0) is 80.6 Å². The molecule has 3 aromatic carbocycles. The minimum Gasteiger partial charge on any atom is -0.495 e. The molecule has 3 aromatic rings. The second-order valence-corrected chi connectivity index (χ2v) is 10.6. The van der Waals surface area contributed by atoms with E-state index < -0.39 is 12.0 Å². The number of benzene rings is 3. The van der Waals surface area contributed by atoms with Crippen LogP contribution in [0.3, 0.4) is 0 Å². The summed E-state index contributed by atoms with van der Waals surface area (Å²) in [4.78, 5) is 26.2. The first-order chi connectivity index (χ1) is 17.0. The van der Waals surface area contributed by atoms with Crippen LogP contribution in [0.2, 0.25) is 5.02 Å². The molecule has 0 fully saturated rings. The maximum Gasteiger partial charge on any atom is 0.326 e. The van der Waals surface area contributed by atoms with Crippen molar-refractivity contribution in [3.63, 3.8) is 0 Å². The fourth-order valence-electron chi connectivity index (χ4n) is 3.76. The number of para-hydroxylation sites is 1. The van der Waals surface area contributed by atoms with Gasteiger partial charge in [0.25, 0.3) is 0 Å². The molecular formula is C27H26Br2ClNO5. The van der Waals surface area contributed by atoms with Gasteiger partial charge in [0.15, 0.2) is 5.75 Å². The molecule has 1 N–H and O–H groups in total. The highest BCUT2D eigenvalue weighted by molar-refractivity contribution is 9.11. The minimum atomic E-state index is -1.09. The normalized spacial score (nSPS) is 11.8. The molecule has 190 valence electrons. The largest absolute Gasteiger partial charge is 0.495 e. The van der Waals surface area contributed by atoms with Crippen molar-refractivity contribution in [1.82, 2.24) is 0 Å². The molecule has 0 unspecified atom stereocenters. The summed E-state index contributed by atoms with van der Waals surface area (Å²) in [7, 11) is 1.58. The molecule has 0 spiro atoms. The van der Waals surface area contributed by atoms with E-state index in [1.54, 1.807) is 49.6 Å². The predicted molar refractivity (Wildman–Crippen MR) is 149 cm³/mol. The van der Waals surface area contributed by atoms with Crippen LogP contribution in [-0.4, -0.2) is 30.1 Å². The summed E-state index contributed by atoms with van der Waals surface area (Å²) in [5.41, 5.74) is 2.12. The van der Waals surface area contributed by atoms with Crippen molar-refractivity contribution in [3.05, 3.63) is 79.7 Å². The number of halogens is 3. The Morgan fingerprint density at radius 1 is 1.00 bits per heavy atom. The smallest absolute Gasteiger partial charge is 0.326 e. The predicted octanol–water partition coefficient (Wildman–Crippen LogP) is 7.84. The van der Waals surface area contributed by atoms with Crippen molar-refractivity contribution in [1.29, 1.82) is 0 Å². The fraction of sp³-hybridized carbons (Fsp3) is 0.259. The van der Waals surface area contributed by atoms with Crippen LogP contribution >= 0.6 is 43.5 Å². The third-order valence-corrected chi connectivity index (χ3v) is 7.01.